The summed E-state index contributed by atoms with van der Waals surface area (Å²) in [4.78, 5) is 2.47. The summed E-state index contributed by atoms with van der Waals surface area (Å²) < 4.78 is 0. The van der Waals surface area contributed by atoms with Crippen LogP contribution in [0.3, 0.4) is 0 Å². The maximum atomic E-state index is 6.15. The van der Waals surface area contributed by atoms with E-state index in [4.69, 9.17) is 11.6 Å². The van der Waals surface area contributed by atoms with E-state index in [2.05, 4.69) is 72.5 Å². The van der Waals surface area contributed by atoms with Crippen molar-refractivity contribution in [1.82, 2.24) is 4.90 Å². The largest absolute Gasteiger partial charge is 0.291 e. The first kappa shape index (κ1) is 15.1. The van der Waals surface area contributed by atoms with Crippen LogP contribution in [0.2, 0.25) is 0 Å². The average Bonchev–Trinajstić information content (AvgIpc) is 2.50. The Hall–Kier alpha value is -1.31. The van der Waals surface area contributed by atoms with E-state index in [1.807, 2.05) is 0 Å². The second-order valence-electron chi connectivity index (χ2n) is 5.09. The van der Waals surface area contributed by atoms with E-state index in [0.717, 1.165) is 19.5 Å². The van der Waals surface area contributed by atoms with Gasteiger partial charge in [0.15, 0.2) is 0 Å². The van der Waals surface area contributed by atoms with E-state index < -0.39 is 0 Å². The van der Waals surface area contributed by atoms with Gasteiger partial charge < -0.3 is 0 Å². The summed E-state index contributed by atoms with van der Waals surface area (Å²) in [6, 6.07) is 21.6. The van der Waals surface area contributed by atoms with Crippen LogP contribution in [0, 0.1) is 0 Å². The average molecular weight is 288 g/mol. The second kappa shape index (κ2) is 8.08. The summed E-state index contributed by atoms with van der Waals surface area (Å²) in [6.45, 7) is 4.10. The molecule has 0 radical (unpaired) electrons. The molecule has 0 aliphatic rings. The molecule has 0 heterocycles. The molecule has 1 unspecified atom stereocenters. The number of hydrogen-bond donors (Lipinski definition) is 0. The van der Waals surface area contributed by atoms with Gasteiger partial charge in [-0.3, -0.25) is 4.90 Å². The SMILES string of the molecule is CCC(CCl)N(Cc1ccccc1)Cc1ccccc1. The summed E-state index contributed by atoms with van der Waals surface area (Å²) >= 11 is 6.15. The van der Waals surface area contributed by atoms with Crippen LogP contribution in [0.5, 0.6) is 0 Å². The Morgan fingerprint density at radius 1 is 0.850 bits per heavy atom. The van der Waals surface area contributed by atoms with E-state index in [1.165, 1.54) is 11.1 Å². The molecule has 106 valence electrons. The van der Waals surface area contributed by atoms with Crippen molar-refractivity contribution in [2.24, 2.45) is 0 Å². The number of rotatable bonds is 7. The third-order valence-corrected chi connectivity index (χ3v) is 3.98. The molecule has 2 rings (SSSR count). The van der Waals surface area contributed by atoms with Gasteiger partial charge in [-0.1, -0.05) is 67.6 Å². The van der Waals surface area contributed by atoms with Gasteiger partial charge in [-0.25, -0.2) is 0 Å². The fraction of sp³-hybridized carbons (Fsp3) is 0.333. The van der Waals surface area contributed by atoms with Crippen LogP contribution in [-0.2, 0) is 13.1 Å². The van der Waals surface area contributed by atoms with Crippen molar-refractivity contribution in [2.75, 3.05) is 5.88 Å². The van der Waals surface area contributed by atoms with Crippen LogP contribution in [-0.4, -0.2) is 16.8 Å². The lowest BCUT2D eigenvalue weighted by molar-refractivity contribution is 0.188. The molecule has 1 atom stereocenters. The van der Waals surface area contributed by atoms with E-state index in [1.54, 1.807) is 0 Å². The second-order valence-corrected chi connectivity index (χ2v) is 5.40. The zero-order chi connectivity index (χ0) is 14.2. The van der Waals surface area contributed by atoms with Crippen molar-refractivity contribution in [1.29, 1.82) is 0 Å². The molecule has 0 amide bonds. The van der Waals surface area contributed by atoms with Crippen LogP contribution in [0.4, 0.5) is 0 Å². The van der Waals surface area contributed by atoms with Gasteiger partial charge in [0, 0.05) is 25.0 Å². The minimum atomic E-state index is 0.414. The first-order valence-corrected chi connectivity index (χ1v) is 7.74. The van der Waals surface area contributed by atoms with Crippen molar-refractivity contribution in [3.63, 3.8) is 0 Å². The summed E-state index contributed by atoms with van der Waals surface area (Å²) in [6.07, 6.45) is 1.07. The predicted molar refractivity (Wildman–Crippen MR) is 86.9 cm³/mol. The van der Waals surface area contributed by atoms with Crippen molar-refractivity contribution >= 4 is 11.6 Å². The summed E-state index contributed by atoms with van der Waals surface area (Å²) in [5.74, 6) is 0.677. The quantitative estimate of drug-likeness (QED) is 0.667. The summed E-state index contributed by atoms with van der Waals surface area (Å²) in [7, 11) is 0. The van der Waals surface area contributed by atoms with Gasteiger partial charge in [0.1, 0.15) is 0 Å². The Morgan fingerprint density at radius 3 is 1.65 bits per heavy atom. The van der Waals surface area contributed by atoms with Crippen molar-refractivity contribution in [3.05, 3.63) is 71.8 Å². The molecule has 20 heavy (non-hydrogen) atoms. The fourth-order valence-electron chi connectivity index (χ4n) is 2.41. The van der Waals surface area contributed by atoms with Gasteiger partial charge in [-0.05, 0) is 17.5 Å². The van der Waals surface area contributed by atoms with Crippen molar-refractivity contribution in [3.8, 4) is 0 Å². The van der Waals surface area contributed by atoms with Gasteiger partial charge in [-0.2, -0.15) is 0 Å². The molecule has 0 aliphatic heterocycles. The molecule has 0 saturated heterocycles. The number of alkyl halides is 1. The molecule has 0 N–H and O–H groups in total. The normalized spacial score (nSPS) is 12.6. The molecule has 2 aromatic rings. The van der Waals surface area contributed by atoms with E-state index >= 15 is 0 Å². The molecule has 1 nitrogen and oxygen atoms in total. The minimum Gasteiger partial charge on any atom is -0.291 e. The number of hydrogen-bond acceptors (Lipinski definition) is 1. The first-order chi connectivity index (χ1) is 9.83. The molecule has 0 spiro atoms. The third-order valence-electron chi connectivity index (χ3n) is 3.62. The monoisotopic (exact) mass is 287 g/mol. The third kappa shape index (κ3) is 4.36. The number of nitrogens with zero attached hydrogens (tertiary/aromatic N) is 1. The molecule has 0 aliphatic carbocycles. The van der Waals surface area contributed by atoms with Crippen LogP contribution in [0.25, 0.3) is 0 Å². The molecule has 0 fully saturated rings. The topological polar surface area (TPSA) is 3.24 Å². The van der Waals surface area contributed by atoms with Crippen LogP contribution < -0.4 is 0 Å². The molecular formula is C18H22ClN. The Labute approximate surface area is 127 Å². The lowest BCUT2D eigenvalue weighted by atomic mass is 10.1. The highest BCUT2D eigenvalue weighted by Gasteiger charge is 2.16. The Balaban J connectivity index is 2.12. The first-order valence-electron chi connectivity index (χ1n) is 7.21. The highest BCUT2D eigenvalue weighted by atomic mass is 35.5. The molecular weight excluding hydrogens is 266 g/mol. The van der Waals surface area contributed by atoms with Crippen LogP contribution in [0.15, 0.2) is 60.7 Å². The van der Waals surface area contributed by atoms with Crippen LogP contribution >= 0.6 is 11.6 Å². The molecule has 2 heteroatoms. The highest BCUT2D eigenvalue weighted by molar-refractivity contribution is 6.18. The van der Waals surface area contributed by atoms with Crippen molar-refractivity contribution < 1.29 is 0 Å². The van der Waals surface area contributed by atoms with Gasteiger partial charge in [-0.15, -0.1) is 11.6 Å². The van der Waals surface area contributed by atoms with Crippen LogP contribution in [0.1, 0.15) is 24.5 Å². The molecule has 0 saturated carbocycles. The molecule has 0 aromatic heterocycles. The minimum absolute atomic E-state index is 0.414. The zero-order valence-electron chi connectivity index (χ0n) is 12.0. The van der Waals surface area contributed by atoms with Gasteiger partial charge in [0.05, 0.1) is 0 Å². The molecule has 0 bridgehead atoms. The van der Waals surface area contributed by atoms with Crippen molar-refractivity contribution in [2.45, 2.75) is 32.5 Å². The number of halogens is 1. The van der Waals surface area contributed by atoms with E-state index in [9.17, 15) is 0 Å². The Kier molecular flexibility index (Phi) is 6.10. The van der Waals surface area contributed by atoms with Gasteiger partial charge >= 0.3 is 0 Å². The summed E-state index contributed by atoms with van der Waals surface area (Å²) in [5, 5.41) is 0. The van der Waals surface area contributed by atoms with E-state index in [0.29, 0.717) is 11.9 Å². The Morgan fingerprint density at radius 2 is 1.30 bits per heavy atom. The Bertz CT molecular complexity index is 438. The lowest BCUT2D eigenvalue weighted by Crippen LogP contribution is -2.35. The highest BCUT2D eigenvalue weighted by Crippen LogP contribution is 2.16. The molecule has 2 aromatic carbocycles. The summed E-state index contributed by atoms with van der Waals surface area (Å²) in [5.41, 5.74) is 2.68. The fourth-order valence-corrected chi connectivity index (χ4v) is 2.83. The zero-order valence-corrected chi connectivity index (χ0v) is 12.8. The lowest BCUT2D eigenvalue weighted by Gasteiger charge is -2.30. The predicted octanol–water partition coefficient (Wildman–Crippen LogP) is 4.71. The standard InChI is InChI=1S/C18H22ClN/c1-2-18(13-19)20(14-16-9-5-3-6-10-16)15-17-11-7-4-8-12-17/h3-12,18H,2,13-15H2,1H3. The smallest absolute Gasteiger partial charge is 0.0379 e. The maximum absolute atomic E-state index is 6.15. The van der Waals surface area contributed by atoms with Gasteiger partial charge in [0.2, 0.25) is 0 Å². The maximum Gasteiger partial charge on any atom is 0.0379 e. The number of benzene rings is 2. The van der Waals surface area contributed by atoms with Gasteiger partial charge in [0.25, 0.3) is 0 Å². The van der Waals surface area contributed by atoms with E-state index in [-0.39, 0.29) is 0 Å².